The summed E-state index contributed by atoms with van der Waals surface area (Å²) in [6.07, 6.45) is -5.10. The second kappa shape index (κ2) is 5.56. The zero-order valence-electron chi connectivity index (χ0n) is 10.0. The van der Waals surface area contributed by atoms with Crippen molar-refractivity contribution in [1.29, 1.82) is 5.26 Å². The van der Waals surface area contributed by atoms with Crippen molar-refractivity contribution in [1.82, 2.24) is 0 Å². The molecule has 0 heterocycles. The first-order chi connectivity index (χ1) is 9.23. The van der Waals surface area contributed by atoms with Crippen molar-refractivity contribution in [2.75, 3.05) is 6.61 Å². The molecule has 0 N–H and O–H groups in total. The summed E-state index contributed by atoms with van der Waals surface area (Å²) in [4.78, 5) is 21.0. The molecule has 0 bridgehead atoms. The average molecular weight is 288 g/mol. The second-order valence-electron chi connectivity index (χ2n) is 3.47. The highest BCUT2D eigenvalue weighted by Gasteiger charge is 2.41. The Bertz CT molecular complexity index is 605. The molecule has 1 rings (SSSR count). The number of nitro groups is 1. The minimum absolute atomic E-state index is 0.172. The molecule has 0 unspecified atom stereocenters. The summed E-state index contributed by atoms with van der Waals surface area (Å²) in [6.45, 7) is 1.22. The number of nitro benzene ring substituents is 1. The number of benzene rings is 1. The van der Waals surface area contributed by atoms with Crippen LogP contribution in [-0.2, 0) is 10.9 Å². The number of carbonyl (C=O) groups is 1. The third-order valence-corrected chi connectivity index (χ3v) is 2.27. The first-order valence-electron chi connectivity index (χ1n) is 5.19. The maximum absolute atomic E-state index is 13.0. The van der Waals surface area contributed by atoms with E-state index >= 15 is 0 Å². The number of nitrogens with zero attached hydrogens (tertiary/aromatic N) is 2. The van der Waals surface area contributed by atoms with Gasteiger partial charge < -0.3 is 4.74 Å². The fraction of sp³-hybridized carbons (Fsp3) is 0.273. The van der Waals surface area contributed by atoms with Gasteiger partial charge in [0.25, 0.3) is 5.69 Å². The molecular weight excluding hydrogens is 281 g/mol. The van der Waals surface area contributed by atoms with E-state index in [1.165, 1.54) is 6.92 Å². The van der Waals surface area contributed by atoms with Crippen molar-refractivity contribution < 1.29 is 27.6 Å². The van der Waals surface area contributed by atoms with E-state index in [-0.39, 0.29) is 6.61 Å². The van der Waals surface area contributed by atoms with Crippen molar-refractivity contribution in [2.24, 2.45) is 0 Å². The number of rotatable bonds is 3. The van der Waals surface area contributed by atoms with Crippen molar-refractivity contribution in [3.05, 3.63) is 38.9 Å². The Labute approximate surface area is 110 Å². The fourth-order valence-corrected chi connectivity index (χ4v) is 1.53. The average Bonchev–Trinajstić information content (AvgIpc) is 2.35. The Kier molecular flexibility index (Phi) is 4.29. The lowest BCUT2D eigenvalue weighted by atomic mass is 9.99. The van der Waals surface area contributed by atoms with Crippen LogP contribution in [0.3, 0.4) is 0 Å². The van der Waals surface area contributed by atoms with Gasteiger partial charge >= 0.3 is 12.1 Å². The van der Waals surface area contributed by atoms with Gasteiger partial charge in [-0.05, 0) is 13.0 Å². The van der Waals surface area contributed by atoms with Crippen LogP contribution in [0, 0.1) is 21.4 Å². The van der Waals surface area contributed by atoms with Crippen LogP contribution >= 0.6 is 0 Å². The number of halogens is 3. The van der Waals surface area contributed by atoms with Crippen LogP contribution in [0.1, 0.15) is 28.4 Å². The van der Waals surface area contributed by atoms with Crippen LogP contribution in [0.15, 0.2) is 12.1 Å². The van der Waals surface area contributed by atoms with Crippen LogP contribution in [0.2, 0.25) is 0 Å². The predicted molar refractivity (Wildman–Crippen MR) is 58.8 cm³/mol. The largest absolute Gasteiger partial charge is 0.462 e. The van der Waals surface area contributed by atoms with E-state index in [9.17, 15) is 28.1 Å². The summed E-state index contributed by atoms with van der Waals surface area (Å²) >= 11 is 0. The monoisotopic (exact) mass is 288 g/mol. The van der Waals surface area contributed by atoms with Crippen LogP contribution in [0.25, 0.3) is 0 Å². The van der Waals surface area contributed by atoms with Gasteiger partial charge in [-0.2, -0.15) is 18.4 Å². The van der Waals surface area contributed by atoms with Crippen LogP contribution in [-0.4, -0.2) is 17.5 Å². The molecule has 1 aromatic carbocycles. The predicted octanol–water partition coefficient (Wildman–Crippen LogP) is 2.66. The molecule has 0 fully saturated rings. The highest BCUT2D eigenvalue weighted by molar-refractivity contribution is 5.93. The Morgan fingerprint density at radius 2 is 2.10 bits per heavy atom. The molecule has 0 saturated carbocycles. The van der Waals surface area contributed by atoms with Gasteiger partial charge in [-0.15, -0.1) is 0 Å². The lowest BCUT2D eigenvalue weighted by molar-refractivity contribution is -0.385. The molecule has 1 aromatic rings. The highest BCUT2D eigenvalue weighted by Crippen LogP contribution is 2.38. The summed E-state index contributed by atoms with van der Waals surface area (Å²) in [5.74, 6) is -1.30. The van der Waals surface area contributed by atoms with Gasteiger partial charge in [-0.25, -0.2) is 4.79 Å². The van der Waals surface area contributed by atoms with E-state index < -0.39 is 39.4 Å². The zero-order chi connectivity index (χ0) is 15.5. The molecule has 0 spiro atoms. The molecule has 0 aromatic heterocycles. The van der Waals surface area contributed by atoms with Gasteiger partial charge in [0.1, 0.15) is 11.6 Å². The summed E-state index contributed by atoms with van der Waals surface area (Å²) < 4.78 is 43.3. The van der Waals surface area contributed by atoms with Crippen molar-refractivity contribution in [2.45, 2.75) is 13.1 Å². The summed E-state index contributed by atoms with van der Waals surface area (Å²) in [5, 5.41) is 19.4. The topological polar surface area (TPSA) is 93.2 Å². The van der Waals surface area contributed by atoms with E-state index in [1.807, 2.05) is 0 Å². The molecule has 9 heteroatoms. The SMILES string of the molecule is CCOC(=O)c1ccc([N+](=O)[O-])c(C#N)c1C(F)(F)F. The van der Waals surface area contributed by atoms with Gasteiger partial charge in [0.05, 0.1) is 22.7 Å². The first-order valence-corrected chi connectivity index (χ1v) is 5.19. The number of hydrogen-bond acceptors (Lipinski definition) is 5. The summed E-state index contributed by atoms with van der Waals surface area (Å²) in [7, 11) is 0. The third-order valence-electron chi connectivity index (χ3n) is 2.27. The Morgan fingerprint density at radius 3 is 2.50 bits per heavy atom. The maximum Gasteiger partial charge on any atom is 0.418 e. The van der Waals surface area contributed by atoms with Gasteiger partial charge in [0.2, 0.25) is 0 Å². The van der Waals surface area contributed by atoms with E-state index in [0.717, 1.165) is 6.07 Å². The first kappa shape index (κ1) is 15.4. The normalized spacial score (nSPS) is 10.8. The molecule has 0 amide bonds. The van der Waals surface area contributed by atoms with Crippen LogP contribution in [0.4, 0.5) is 18.9 Å². The molecule has 6 nitrogen and oxygen atoms in total. The maximum atomic E-state index is 13.0. The highest BCUT2D eigenvalue weighted by atomic mass is 19.4. The summed E-state index contributed by atoms with van der Waals surface area (Å²) in [5.41, 5.74) is -4.82. The molecule has 0 radical (unpaired) electrons. The minimum atomic E-state index is -5.10. The third kappa shape index (κ3) is 2.85. The second-order valence-corrected chi connectivity index (χ2v) is 3.47. The molecular formula is C11H7F3N2O4. The molecule has 20 heavy (non-hydrogen) atoms. The molecule has 0 aliphatic carbocycles. The number of esters is 1. The Morgan fingerprint density at radius 1 is 1.50 bits per heavy atom. The summed E-state index contributed by atoms with van der Waals surface area (Å²) in [6, 6.07) is 2.41. The van der Waals surface area contributed by atoms with Crippen molar-refractivity contribution in [3.63, 3.8) is 0 Å². The van der Waals surface area contributed by atoms with E-state index in [2.05, 4.69) is 4.74 Å². The molecule has 0 saturated heterocycles. The molecule has 0 aliphatic rings. The lowest BCUT2D eigenvalue weighted by Gasteiger charge is -2.13. The fourth-order valence-electron chi connectivity index (χ4n) is 1.53. The number of ether oxygens (including phenoxy) is 1. The zero-order valence-corrected chi connectivity index (χ0v) is 10.0. The minimum Gasteiger partial charge on any atom is -0.462 e. The van der Waals surface area contributed by atoms with Crippen LogP contribution < -0.4 is 0 Å². The van der Waals surface area contributed by atoms with Crippen LogP contribution in [0.5, 0.6) is 0 Å². The Balaban J connectivity index is 3.69. The van der Waals surface area contributed by atoms with E-state index in [0.29, 0.717) is 12.1 Å². The number of hydrogen-bond donors (Lipinski definition) is 0. The van der Waals surface area contributed by atoms with Gasteiger partial charge in [-0.1, -0.05) is 0 Å². The lowest BCUT2D eigenvalue weighted by Crippen LogP contribution is -2.18. The van der Waals surface area contributed by atoms with Crippen molar-refractivity contribution >= 4 is 11.7 Å². The molecule has 106 valence electrons. The number of nitriles is 1. The number of alkyl halides is 3. The molecule has 0 atom stereocenters. The quantitative estimate of drug-likeness (QED) is 0.484. The van der Waals surface area contributed by atoms with E-state index in [1.54, 1.807) is 0 Å². The number of carbonyl (C=O) groups excluding carboxylic acids is 1. The van der Waals surface area contributed by atoms with Gasteiger partial charge in [0.15, 0.2) is 0 Å². The standard InChI is InChI=1S/C11H7F3N2O4/c1-2-20-10(17)6-3-4-8(16(18)19)7(5-15)9(6)11(12,13)14/h3-4H,2H2,1H3. The smallest absolute Gasteiger partial charge is 0.418 e. The van der Waals surface area contributed by atoms with Gasteiger partial charge in [-0.3, -0.25) is 10.1 Å². The van der Waals surface area contributed by atoms with E-state index in [4.69, 9.17) is 5.26 Å². The van der Waals surface area contributed by atoms with Crippen molar-refractivity contribution in [3.8, 4) is 6.07 Å². The molecule has 0 aliphatic heterocycles. The van der Waals surface area contributed by atoms with Gasteiger partial charge in [0, 0.05) is 6.07 Å². The Hall–Kier alpha value is -2.63.